The van der Waals surface area contributed by atoms with Crippen molar-refractivity contribution in [3.8, 4) is 17.3 Å². The Hall–Kier alpha value is -4.73. The number of aromatic nitrogens is 3. The number of rotatable bonds is 8. The van der Waals surface area contributed by atoms with E-state index in [0.29, 0.717) is 57.8 Å². The highest BCUT2D eigenvalue weighted by molar-refractivity contribution is 7.16. The van der Waals surface area contributed by atoms with E-state index in [1.807, 2.05) is 41.6 Å². The van der Waals surface area contributed by atoms with Crippen molar-refractivity contribution in [1.29, 1.82) is 5.26 Å². The predicted molar refractivity (Wildman–Crippen MR) is 156 cm³/mol. The molecule has 0 radical (unpaired) electrons. The van der Waals surface area contributed by atoms with Crippen LogP contribution in [0.15, 0.2) is 60.4 Å². The van der Waals surface area contributed by atoms with Crippen molar-refractivity contribution in [3.63, 3.8) is 0 Å². The molecule has 10 nitrogen and oxygen atoms in total. The highest BCUT2D eigenvalue weighted by Gasteiger charge is 2.28. The van der Waals surface area contributed by atoms with Crippen LogP contribution >= 0.6 is 11.3 Å². The molecule has 12 heteroatoms. The van der Waals surface area contributed by atoms with Gasteiger partial charge in [0.25, 0.3) is 0 Å². The summed E-state index contributed by atoms with van der Waals surface area (Å²) in [4.78, 5) is 25.6. The zero-order chi connectivity index (χ0) is 29.3. The third-order valence-electron chi connectivity index (χ3n) is 6.82. The Morgan fingerprint density at radius 3 is 2.61 bits per heavy atom. The summed E-state index contributed by atoms with van der Waals surface area (Å²) in [5, 5.41) is 19.7. The standard InChI is InChI=1S/C29H29FN8O2S/c1-3-23-28(36(2)29-35-27(24(13-31)41-29)17-4-7-19(30)8-5-17)38-14-18(6-11-25(38)34-23)22(33)10-9-20(32)12-26(40)37-15-21(39)16-37/h4-11,14,21,39H,3,12,15-16,32-33H2,1-2H3/b20-9-,22-10-. The lowest BCUT2D eigenvalue weighted by Gasteiger charge is -2.35. The number of allylic oxidation sites excluding steroid dienone is 2. The van der Waals surface area contributed by atoms with Crippen LogP contribution in [-0.2, 0) is 11.2 Å². The average molecular weight is 573 g/mol. The van der Waals surface area contributed by atoms with Gasteiger partial charge in [-0.3, -0.25) is 9.20 Å². The molecule has 1 aliphatic heterocycles. The molecule has 0 unspecified atom stereocenters. The molecule has 0 atom stereocenters. The molecule has 210 valence electrons. The molecule has 5 N–H and O–H groups in total. The molecule has 4 aromatic rings. The minimum atomic E-state index is -0.462. The van der Waals surface area contributed by atoms with E-state index in [-0.39, 0.29) is 18.1 Å². The summed E-state index contributed by atoms with van der Waals surface area (Å²) in [6.45, 7) is 2.67. The third kappa shape index (κ3) is 5.63. The number of thiazole rings is 1. The van der Waals surface area contributed by atoms with Crippen LogP contribution in [0.3, 0.4) is 0 Å². The number of anilines is 2. The van der Waals surface area contributed by atoms with Gasteiger partial charge >= 0.3 is 0 Å². The molecule has 1 fully saturated rings. The number of nitrogens with two attached hydrogens (primary N) is 2. The minimum absolute atomic E-state index is 0.0459. The lowest BCUT2D eigenvalue weighted by Crippen LogP contribution is -2.53. The number of nitrogens with zero attached hydrogens (tertiary/aromatic N) is 6. The number of hydrogen-bond acceptors (Lipinski definition) is 9. The molecule has 0 spiro atoms. The fourth-order valence-electron chi connectivity index (χ4n) is 4.56. The fourth-order valence-corrected chi connectivity index (χ4v) is 5.41. The summed E-state index contributed by atoms with van der Waals surface area (Å²) >= 11 is 1.24. The average Bonchev–Trinajstić information content (AvgIpc) is 3.55. The first-order chi connectivity index (χ1) is 19.7. The molecule has 0 aliphatic carbocycles. The lowest BCUT2D eigenvalue weighted by atomic mass is 10.1. The number of aryl methyl sites for hydroxylation is 1. The second-order valence-electron chi connectivity index (χ2n) is 9.73. The number of aliphatic hydroxyl groups is 1. The summed E-state index contributed by atoms with van der Waals surface area (Å²) in [5.41, 5.74) is 16.7. The van der Waals surface area contributed by atoms with Crippen LogP contribution < -0.4 is 16.4 Å². The molecular formula is C29H29FN8O2S. The van der Waals surface area contributed by atoms with Gasteiger partial charge in [-0.15, -0.1) is 0 Å². The number of amides is 1. The summed E-state index contributed by atoms with van der Waals surface area (Å²) in [7, 11) is 1.86. The van der Waals surface area contributed by atoms with E-state index in [1.165, 1.54) is 23.5 Å². The second-order valence-corrected chi connectivity index (χ2v) is 10.7. The molecule has 1 saturated heterocycles. The van der Waals surface area contributed by atoms with E-state index in [9.17, 15) is 19.6 Å². The van der Waals surface area contributed by atoms with Gasteiger partial charge in [0.05, 0.1) is 18.2 Å². The van der Waals surface area contributed by atoms with Crippen LogP contribution in [0, 0.1) is 17.1 Å². The number of halogens is 1. The Bertz CT molecular complexity index is 1710. The maximum absolute atomic E-state index is 13.5. The summed E-state index contributed by atoms with van der Waals surface area (Å²) < 4.78 is 15.4. The number of likely N-dealkylation sites (tertiary alicyclic amines) is 1. The Morgan fingerprint density at radius 1 is 1.22 bits per heavy atom. The fraction of sp³-hybridized carbons (Fsp3) is 0.241. The number of carbonyl (C=O) groups is 1. The first-order valence-corrected chi connectivity index (χ1v) is 13.8. The van der Waals surface area contributed by atoms with Gasteiger partial charge in [-0.1, -0.05) is 18.3 Å². The zero-order valence-corrected chi connectivity index (χ0v) is 23.4. The normalized spacial score (nSPS) is 14.3. The summed E-state index contributed by atoms with van der Waals surface area (Å²) in [5.74, 6) is 0.278. The lowest BCUT2D eigenvalue weighted by molar-refractivity contribution is -0.140. The van der Waals surface area contributed by atoms with Crippen LogP contribution in [0.5, 0.6) is 0 Å². The Kier molecular flexibility index (Phi) is 7.74. The molecular weight excluding hydrogens is 543 g/mol. The number of aliphatic hydroxyl groups excluding tert-OH is 1. The van der Waals surface area contributed by atoms with Crippen molar-refractivity contribution in [3.05, 3.63) is 82.4 Å². The molecule has 4 heterocycles. The van der Waals surface area contributed by atoms with Crippen molar-refractivity contribution in [2.45, 2.75) is 25.9 Å². The molecule has 5 rings (SSSR count). The number of nitriles is 1. The first kappa shape index (κ1) is 27.8. The Labute approximate surface area is 240 Å². The van der Waals surface area contributed by atoms with E-state index < -0.39 is 6.10 Å². The van der Waals surface area contributed by atoms with Crippen molar-refractivity contribution in [2.75, 3.05) is 25.0 Å². The molecule has 0 saturated carbocycles. The molecule has 3 aromatic heterocycles. The van der Waals surface area contributed by atoms with E-state index in [0.717, 1.165) is 17.1 Å². The highest BCUT2D eigenvalue weighted by atomic mass is 32.1. The first-order valence-electron chi connectivity index (χ1n) is 13.0. The van der Waals surface area contributed by atoms with Gasteiger partial charge in [-0.25, -0.2) is 14.4 Å². The van der Waals surface area contributed by atoms with Crippen molar-refractivity contribution in [2.24, 2.45) is 11.5 Å². The number of β-amino-alcohol motifs (C(OH)–C–C–N with tert-alkyl or cyclic N) is 1. The van der Waals surface area contributed by atoms with Gasteiger partial charge in [-0.05, 0) is 55.0 Å². The smallest absolute Gasteiger partial charge is 0.228 e. The van der Waals surface area contributed by atoms with Gasteiger partial charge in [0.1, 0.15) is 33.9 Å². The van der Waals surface area contributed by atoms with Crippen LogP contribution in [-0.4, -0.2) is 56.5 Å². The number of pyridine rings is 1. The molecule has 1 aromatic carbocycles. The SMILES string of the molecule is CCc1nc2ccc(/C(N)=C/C=C(\N)CC(=O)N3CC(O)C3)cn2c1N(C)c1nc(-c2ccc(F)cc2)c(C#N)s1. The molecule has 1 amide bonds. The second kappa shape index (κ2) is 11.4. The quantitative estimate of drug-likeness (QED) is 0.272. The predicted octanol–water partition coefficient (Wildman–Crippen LogP) is 3.53. The highest BCUT2D eigenvalue weighted by Crippen LogP contribution is 2.37. The maximum atomic E-state index is 13.5. The number of hydrogen-bond donors (Lipinski definition) is 3. The van der Waals surface area contributed by atoms with Gasteiger partial charge in [0, 0.05) is 48.9 Å². The van der Waals surface area contributed by atoms with Crippen LogP contribution in [0.1, 0.15) is 29.5 Å². The van der Waals surface area contributed by atoms with E-state index in [4.69, 9.17) is 21.4 Å². The molecule has 41 heavy (non-hydrogen) atoms. The third-order valence-corrected chi connectivity index (χ3v) is 7.85. The number of carbonyl (C=O) groups excluding carboxylic acids is 1. The van der Waals surface area contributed by atoms with Crippen molar-refractivity contribution >= 4 is 39.5 Å². The van der Waals surface area contributed by atoms with Gasteiger partial charge in [-0.2, -0.15) is 5.26 Å². The Morgan fingerprint density at radius 2 is 1.95 bits per heavy atom. The van der Waals surface area contributed by atoms with Gasteiger partial charge in [0.15, 0.2) is 5.13 Å². The number of fused-ring (bicyclic) bond motifs is 1. The molecule has 1 aliphatic rings. The number of imidazole rings is 1. The van der Waals surface area contributed by atoms with Gasteiger partial charge < -0.3 is 26.4 Å². The minimum Gasteiger partial charge on any atom is -0.402 e. The number of benzene rings is 1. The van der Waals surface area contributed by atoms with E-state index >= 15 is 0 Å². The maximum Gasteiger partial charge on any atom is 0.228 e. The van der Waals surface area contributed by atoms with Crippen LogP contribution in [0.4, 0.5) is 15.3 Å². The topological polar surface area (TPSA) is 150 Å². The molecule has 0 bridgehead atoms. The van der Waals surface area contributed by atoms with Crippen molar-refractivity contribution < 1.29 is 14.3 Å². The zero-order valence-electron chi connectivity index (χ0n) is 22.6. The summed E-state index contributed by atoms with van der Waals surface area (Å²) in [6, 6.07) is 11.8. The Balaban J connectivity index is 1.45. The van der Waals surface area contributed by atoms with E-state index in [1.54, 1.807) is 29.2 Å². The summed E-state index contributed by atoms with van der Waals surface area (Å²) in [6.07, 6.45) is 5.38. The van der Waals surface area contributed by atoms with E-state index in [2.05, 4.69) is 6.07 Å². The van der Waals surface area contributed by atoms with Gasteiger partial charge in [0.2, 0.25) is 5.91 Å². The van der Waals surface area contributed by atoms with Crippen LogP contribution in [0.2, 0.25) is 0 Å². The van der Waals surface area contributed by atoms with Crippen LogP contribution in [0.25, 0.3) is 22.6 Å². The largest absolute Gasteiger partial charge is 0.402 e. The monoisotopic (exact) mass is 572 g/mol. The van der Waals surface area contributed by atoms with Crippen molar-refractivity contribution in [1.82, 2.24) is 19.3 Å².